The molecular formula is C22H27ClFN3. The molecule has 5 heteroatoms. The molecule has 1 heterocycles. The highest BCUT2D eigenvalue weighted by Crippen LogP contribution is 2.29. The average molecular weight is 388 g/mol. The maximum Gasteiger partial charge on any atom is 0.141 e. The molecule has 0 bridgehead atoms. The number of halogens is 2. The normalized spacial score (nSPS) is 10.9. The molecule has 0 unspecified atom stereocenters. The Bertz CT molecular complexity index is 904. The number of anilines is 3. The van der Waals surface area contributed by atoms with Crippen LogP contribution < -0.4 is 10.6 Å². The SMILES string of the molecule is CC.CC(C)(C)CNc1cc(Nc2ccc(F)c(Cl)c2)nc2ccccc12. The summed E-state index contributed by atoms with van der Waals surface area (Å²) >= 11 is 5.86. The van der Waals surface area contributed by atoms with Crippen LogP contribution in [0.15, 0.2) is 48.5 Å². The summed E-state index contributed by atoms with van der Waals surface area (Å²) in [7, 11) is 0. The third-order valence-corrected chi connectivity index (χ3v) is 4.01. The number of rotatable bonds is 4. The summed E-state index contributed by atoms with van der Waals surface area (Å²) in [6.45, 7) is 11.4. The Kier molecular flexibility index (Phi) is 7.03. The number of hydrogen-bond donors (Lipinski definition) is 2. The van der Waals surface area contributed by atoms with E-state index in [9.17, 15) is 4.39 Å². The molecule has 0 radical (unpaired) electrons. The van der Waals surface area contributed by atoms with Crippen LogP contribution in [0.1, 0.15) is 34.6 Å². The molecule has 0 atom stereocenters. The first kappa shape index (κ1) is 21.0. The number of aromatic nitrogens is 1. The van der Waals surface area contributed by atoms with Gasteiger partial charge in [0.1, 0.15) is 11.6 Å². The number of pyridine rings is 1. The molecule has 0 aliphatic rings. The van der Waals surface area contributed by atoms with Crippen molar-refractivity contribution in [1.82, 2.24) is 4.98 Å². The molecular weight excluding hydrogens is 361 g/mol. The molecule has 0 aliphatic heterocycles. The van der Waals surface area contributed by atoms with Gasteiger partial charge >= 0.3 is 0 Å². The third kappa shape index (κ3) is 5.83. The highest BCUT2D eigenvalue weighted by Gasteiger charge is 2.12. The van der Waals surface area contributed by atoms with E-state index in [0.29, 0.717) is 11.5 Å². The first-order valence-electron chi connectivity index (χ1n) is 9.18. The Morgan fingerprint density at radius 2 is 1.74 bits per heavy atom. The van der Waals surface area contributed by atoms with Gasteiger partial charge in [0.15, 0.2) is 0 Å². The summed E-state index contributed by atoms with van der Waals surface area (Å²) in [6, 6.07) is 14.5. The maximum atomic E-state index is 13.3. The number of fused-ring (bicyclic) bond motifs is 1. The Balaban J connectivity index is 0.00000126. The maximum absolute atomic E-state index is 13.3. The van der Waals surface area contributed by atoms with E-state index in [1.807, 2.05) is 44.2 Å². The van der Waals surface area contributed by atoms with Gasteiger partial charge in [-0.25, -0.2) is 9.37 Å². The molecule has 1 aromatic heterocycles. The summed E-state index contributed by atoms with van der Waals surface area (Å²) in [5, 5.41) is 7.85. The second kappa shape index (κ2) is 9.05. The number of para-hydroxylation sites is 1. The standard InChI is InChI=1S/C20H21ClFN3.C2H6/c1-20(2,3)12-23-18-11-19(25-17-7-5-4-6-14(17)18)24-13-8-9-16(22)15(21)10-13;1-2/h4-11H,12H2,1-3H3,(H2,23,24,25);1-2H3. The van der Waals surface area contributed by atoms with Gasteiger partial charge in [0.05, 0.1) is 10.5 Å². The fourth-order valence-corrected chi connectivity index (χ4v) is 2.65. The van der Waals surface area contributed by atoms with E-state index in [2.05, 4.69) is 36.4 Å². The molecule has 144 valence electrons. The van der Waals surface area contributed by atoms with Crippen LogP contribution in [-0.4, -0.2) is 11.5 Å². The van der Waals surface area contributed by atoms with Crippen LogP contribution >= 0.6 is 11.6 Å². The second-order valence-electron chi connectivity index (χ2n) is 7.24. The van der Waals surface area contributed by atoms with E-state index < -0.39 is 5.82 Å². The van der Waals surface area contributed by atoms with E-state index in [1.54, 1.807) is 12.1 Å². The fourth-order valence-electron chi connectivity index (χ4n) is 2.47. The van der Waals surface area contributed by atoms with Gasteiger partial charge in [0.2, 0.25) is 0 Å². The average Bonchev–Trinajstić information content (AvgIpc) is 2.64. The van der Waals surface area contributed by atoms with Gasteiger partial charge in [-0.05, 0) is 29.7 Å². The van der Waals surface area contributed by atoms with Gasteiger partial charge in [-0.3, -0.25) is 0 Å². The van der Waals surface area contributed by atoms with Crippen LogP contribution in [0, 0.1) is 11.2 Å². The zero-order valence-electron chi connectivity index (χ0n) is 16.5. The molecule has 2 N–H and O–H groups in total. The first-order chi connectivity index (χ1) is 12.8. The lowest BCUT2D eigenvalue weighted by Gasteiger charge is -2.21. The summed E-state index contributed by atoms with van der Waals surface area (Å²) in [4.78, 5) is 4.64. The lowest BCUT2D eigenvalue weighted by Crippen LogP contribution is -2.19. The summed E-state index contributed by atoms with van der Waals surface area (Å²) in [5.41, 5.74) is 2.74. The molecule has 0 spiro atoms. The molecule has 0 fully saturated rings. The predicted molar refractivity (Wildman–Crippen MR) is 116 cm³/mol. The van der Waals surface area contributed by atoms with Gasteiger partial charge in [0.25, 0.3) is 0 Å². The lowest BCUT2D eigenvalue weighted by atomic mass is 9.97. The van der Waals surface area contributed by atoms with Crippen molar-refractivity contribution in [2.45, 2.75) is 34.6 Å². The number of nitrogens with one attached hydrogen (secondary N) is 2. The van der Waals surface area contributed by atoms with Crippen LogP contribution in [0.2, 0.25) is 5.02 Å². The van der Waals surface area contributed by atoms with Crippen molar-refractivity contribution in [2.75, 3.05) is 17.2 Å². The topological polar surface area (TPSA) is 37.0 Å². The smallest absolute Gasteiger partial charge is 0.141 e. The molecule has 0 saturated heterocycles. The van der Waals surface area contributed by atoms with Crippen molar-refractivity contribution in [3.8, 4) is 0 Å². The van der Waals surface area contributed by atoms with Crippen molar-refractivity contribution >= 4 is 39.7 Å². The van der Waals surface area contributed by atoms with Crippen molar-refractivity contribution in [1.29, 1.82) is 0 Å². The largest absolute Gasteiger partial charge is 0.384 e. The van der Waals surface area contributed by atoms with Crippen molar-refractivity contribution in [3.05, 3.63) is 59.4 Å². The molecule has 27 heavy (non-hydrogen) atoms. The highest BCUT2D eigenvalue weighted by atomic mass is 35.5. The minimum atomic E-state index is -0.439. The van der Waals surface area contributed by atoms with E-state index in [4.69, 9.17) is 11.6 Å². The van der Waals surface area contributed by atoms with Crippen LogP contribution in [-0.2, 0) is 0 Å². The van der Waals surface area contributed by atoms with E-state index in [-0.39, 0.29) is 10.4 Å². The van der Waals surface area contributed by atoms with Gasteiger partial charge < -0.3 is 10.6 Å². The predicted octanol–water partition coefficient (Wildman–Crippen LogP) is 7.26. The van der Waals surface area contributed by atoms with Gasteiger partial charge in [-0.1, -0.05) is 64.4 Å². The molecule has 0 aliphatic carbocycles. The summed E-state index contributed by atoms with van der Waals surface area (Å²) in [5.74, 6) is 0.240. The molecule has 2 aromatic carbocycles. The second-order valence-corrected chi connectivity index (χ2v) is 7.65. The fraction of sp³-hybridized carbons (Fsp3) is 0.318. The quantitative estimate of drug-likeness (QED) is 0.494. The first-order valence-corrected chi connectivity index (χ1v) is 9.55. The van der Waals surface area contributed by atoms with E-state index >= 15 is 0 Å². The minimum absolute atomic E-state index is 0.0804. The van der Waals surface area contributed by atoms with Crippen molar-refractivity contribution < 1.29 is 4.39 Å². The summed E-state index contributed by atoms with van der Waals surface area (Å²) in [6.07, 6.45) is 0. The highest BCUT2D eigenvalue weighted by molar-refractivity contribution is 6.31. The minimum Gasteiger partial charge on any atom is -0.384 e. The van der Waals surface area contributed by atoms with Crippen LogP contribution in [0.5, 0.6) is 0 Å². The number of benzene rings is 2. The lowest BCUT2D eigenvalue weighted by molar-refractivity contribution is 0.443. The van der Waals surface area contributed by atoms with E-state index in [0.717, 1.165) is 23.1 Å². The Morgan fingerprint density at radius 1 is 1.04 bits per heavy atom. The van der Waals surface area contributed by atoms with Crippen LogP contribution in [0.25, 0.3) is 10.9 Å². The molecule has 0 saturated carbocycles. The zero-order chi connectivity index (χ0) is 20.0. The van der Waals surface area contributed by atoms with Gasteiger partial charge in [-0.2, -0.15) is 0 Å². The Labute approximate surface area is 166 Å². The van der Waals surface area contributed by atoms with Gasteiger partial charge in [-0.15, -0.1) is 0 Å². The van der Waals surface area contributed by atoms with E-state index in [1.165, 1.54) is 6.07 Å². The Hall–Kier alpha value is -2.33. The Morgan fingerprint density at radius 3 is 2.41 bits per heavy atom. The van der Waals surface area contributed by atoms with Crippen molar-refractivity contribution in [3.63, 3.8) is 0 Å². The molecule has 0 amide bonds. The monoisotopic (exact) mass is 387 g/mol. The summed E-state index contributed by atoms with van der Waals surface area (Å²) < 4.78 is 13.3. The molecule has 3 aromatic rings. The van der Waals surface area contributed by atoms with Crippen molar-refractivity contribution in [2.24, 2.45) is 5.41 Å². The third-order valence-electron chi connectivity index (χ3n) is 3.72. The van der Waals surface area contributed by atoms with Gasteiger partial charge in [0, 0.05) is 29.4 Å². The molecule has 3 rings (SSSR count). The number of hydrogen-bond acceptors (Lipinski definition) is 3. The molecule has 3 nitrogen and oxygen atoms in total. The van der Waals surface area contributed by atoms with Crippen LogP contribution in [0.3, 0.4) is 0 Å². The zero-order valence-corrected chi connectivity index (χ0v) is 17.3. The van der Waals surface area contributed by atoms with Crippen LogP contribution in [0.4, 0.5) is 21.6 Å². The number of nitrogens with zero attached hydrogens (tertiary/aromatic N) is 1.